The highest BCUT2D eigenvalue weighted by Gasteiger charge is 2.24. The lowest BCUT2D eigenvalue weighted by Gasteiger charge is -2.17. The van der Waals surface area contributed by atoms with E-state index in [-0.39, 0.29) is 34.7 Å². The summed E-state index contributed by atoms with van der Waals surface area (Å²) >= 11 is 0. The van der Waals surface area contributed by atoms with E-state index in [2.05, 4.69) is 14.9 Å². The molecule has 27 heavy (non-hydrogen) atoms. The zero-order valence-electron chi connectivity index (χ0n) is 16.0. The maximum atomic E-state index is 12.7. The lowest BCUT2D eigenvalue weighted by molar-refractivity contribution is 0.0769. The quantitative estimate of drug-likeness (QED) is 0.721. The fraction of sp³-hybridized carbons (Fsp3) is 0.471. The van der Waals surface area contributed by atoms with Gasteiger partial charge in [0, 0.05) is 25.1 Å². The third kappa shape index (κ3) is 5.04. The SMILES string of the molecule is CCc1noc(CN(C)C(=O)c2ccc(OC)c(S(=O)(=O)NC(C)C)c2)n1. The minimum atomic E-state index is -3.83. The van der Waals surface area contributed by atoms with Crippen LogP contribution in [0.5, 0.6) is 5.75 Å². The van der Waals surface area contributed by atoms with Gasteiger partial charge in [-0.05, 0) is 32.0 Å². The summed E-state index contributed by atoms with van der Waals surface area (Å²) in [4.78, 5) is 18.2. The molecule has 2 aromatic rings. The Kier molecular flexibility index (Phi) is 6.55. The molecule has 0 spiro atoms. The molecule has 0 aliphatic heterocycles. The number of benzene rings is 1. The second-order valence-electron chi connectivity index (χ2n) is 6.26. The van der Waals surface area contributed by atoms with Crippen molar-refractivity contribution in [2.24, 2.45) is 0 Å². The highest BCUT2D eigenvalue weighted by Crippen LogP contribution is 2.25. The molecule has 1 amide bonds. The molecule has 9 nitrogen and oxygen atoms in total. The first kappa shape index (κ1) is 20.8. The Bertz CT molecular complexity index is 908. The molecule has 0 unspecified atom stereocenters. The topological polar surface area (TPSA) is 115 Å². The first-order chi connectivity index (χ1) is 12.7. The number of nitrogens with one attached hydrogen (secondary N) is 1. The van der Waals surface area contributed by atoms with Crippen LogP contribution in [0, 0.1) is 0 Å². The van der Waals surface area contributed by atoms with Crippen molar-refractivity contribution < 1.29 is 22.5 Å². The van der Waals surface area contributed by atoms with Crippen molar-refractivity contribution >= 4 is 15.9 Å². The molecule has 0 saturated carbocycles. The van der Waals surface area contributed by atoms with Crippen LogP contribution in [-0.2, 0) is 23.0 Å². The fourth-order valence-electron chi connectivity index (χ4n) is 2.39. The molecule has 0 atom stereocenters. The zero-order valence-corrected chi connectivity index (χ0v) is 16.8. The highest BCUT2D eigenvalue weighted by molar-refractivity contribution is 7.89. The maximum absolute atomic E-state index is 12.7. The highest BCUT2D eigenvalue weighted by atomic mass is 32.2. The number of ether oxygens (including phenoxy) is 1. The number of aryl methyl sites for hydroxylation is 1. The van der Waals surface area contributed by atoms with E-state index in [4.69, 9.17) is 9.26 Å². The maximum Gasteiger partial charge on any atom is 0.254 e. The van der Waals surface area contributed by atoms with Crippen LogP contribution in [0.15, 0.2) is 27.6 Å². The summed E-state index contributed by atoms with van der Waals surface area (Å²) in [6.07, 6.45) is 0.629. The average molecular weight is 396 g/mol. The monoisotopic (exact) mass is 396 g/mol. The Hall–Kier alpha value is -2.46. The van der Waals surface area contributed by atoms with Gasteiger partial charge in [0.2, 0.25) is 15.9 Å². The zero-order chi connectivity index (χ0) is 20.2. The van der Waals surface area contributed by atoms with Crippen LogP contribution in [-0.4, -0.2) is 49.6 Å². The van der Waals surface area contributed by atoms with Crippen molar-refractivity contribution in [2.75, 3.05) is 14.2 Å². The Morgan fingerprint density at radius 3 is 2.63 bits per heavy atom. The first-order valence-corrected chi connectivity index (χ1v) is 9.93. The lowest BCUT2D eigenvalue weighted by atomic mass is 10.2. The van der Waals surface area contributed by atoms with E-state index in [9.17, 15) is 13.2 Å². The van der Waals surface area contributed by atoms with Crippen LogP contribution in [0.3, 0.4) is 0 Å². The standard InChI is InChI=1S/C17H24N4O5S/c1-6-15-18-16(26-19-15)10-21(4)17(22)12-7-8-13(25-5)14(9-12)27(23,24)20-11(2)3/h7-9,11,20H,6,10H2,1-5H3. The number of methoxy groups -OCH3 is 1. The van der Waals surface area contributed by atoms with E-state index < -0.39 is 10.0 Å². The number of sulfonamides is 1. The van der Waals surface area contributed by atoms with Gasteiger partial charge in [0.1, 0.15) is 10.6 Å². The number of carbonyl (C=O) groups is 1. The third-order valence-corrected chi connectivity index (χ3v) is 5.32. The molecule has 1 N–H and O–H groups in total. The second kappa shape index (κ2) is 8.49. The van der Waals surface area contributed by atoms with E-state index in [1.54, 1.807) is 20.9 Å². The van der Waals surface area contributed by atoms with Gasteiger partial charge in [-0.2, -0.15) is 4.98 Å². The number of aromatic nitrogens is 2. The molecule has 0 saturated heterocycles. The molecule has 0 bridgehead atoms. The number of hydrogen-bond donors (Lipinski definition) is 1. The Morgan fingerprint density at radius 2 is 2.07 bits per heavy atom. The molecular weight excluding hydrogens is 372 g/mol. The third-order valence-electron chi connectivity index (χ3n) is 3.64. The van der Waals surface area contributed by atoms with Gasteiger partial charge in [0.25, 0.3) is 5.91 Å². The number of hydrogen-bond acceptors (Lipinski definition) is 7. The predicted octanol–water partition coefficient (Wildman–Crippen LogP) is 1.60. The van der Waals surface area contributed by atoms with Crippen molar-refractivity contribution in [1.29, 1.82) is 0 Å². The van der Waals surface area contributed by atoms with Crippen molar-refractivity contribution in [3.63, 3.8) is 0 Å². The van der Waals surface area contributed by atoms with Crippen molar-refractivity contribution in [3.05, 3.63) is 35.5 Å². The van der Waals surface area contributed by atoms with Crippen molar-refractivity contribution in [2.45, 2.75) is 44.7 Å². The normalized spacial score (nSPS) is 11.6. The van der Waals surface area contributed by atoms with Gasteiger partial charge in [-0.25, -0.2) is 13.1 Å². The first-order valence-electron chi connectivity index (χ1n) is 8.45. The van der Waals surface area contributed by atoms with E-state index in [1.807, 2.05) is 6.92 Å². The van der Waals surface area contributed by atoms with Crippen molar-refractivity contribution in [1.82, 2.24) is 19.8 Å². The van der Waals surface area contributed by atoms with Crippen LogP contribution < -0.4 is 9.46 Å². The van der Waals surface area contributed by atoms with Crippen molar-refractivity contribution in [3.8, 4) is 5.75 Å². The summed E-state index contributed by atoms with van der Waals surface area (Å²) < 4.78 is 37.8. The summed E-state index contributed by atoms with van der Waals surface area (Å²) in [5, 5.41) is 3.79. The summed E-state index contributed by atoms with van der Waals surface area (Å²) in [5.41, 5.74) is 0.206. The molecule has 148 valence electrons. The van der Waals surface area contributed by atoms with Gasteiger partial charge in [-0.3, -0.25) is 4.79 Å². The minimum absolute atomic E-state index is 0.0935. The van der Waals surface area contributed by atoms with E-state index >= 15 is 0 Å². The number of nitrogens with zero attached hydrogens (tertiary/aromatic N) is 3. The Labute approximate surface area is 158 Å². The van der Waals surface area contributed by atoms with E-state index in [1.165, 1.54) is 30.2 Å². The predicted molar refractivity (Wildman–Crippen MR) is 97.9 cm³/mol. The number of rotatable bonds is 8. The van der Waals surface area contributed by atoms with E-state index in [0.717, 1.165) is 0 Å². The molecule has 0 radical (unpaired) electrons. The largest absolute Gasteiger partial charge is 0.495 e. The van der Waals surface area contributed by atoms with Gasteiger partial charge < -0.3 is 14.2 Å². The summed E-state index contributed by atoms with van der Waals surface area (Å²) in [6.45, 7) is 5.43. The molecule has 1 aromatic carbocycles. The van der Waals surface area contributed by atoms with Crippen LogP contribution >= 0.6 is 0 Å². The second-order valence-corrected chi connectivity index (χ2v) is 7.94. The Balaban J connectivity index is 2.29. The van der Waals surface area contributed by atoms with Gasteiger partial charge in [0.15, 0.2) is 5.82 Å². The molecule has 0 fully saturated rings. The summed E-state index contributed by atoms with van der Waals surface area (Å²) in [6, 6.07) is 3.97. The summed E-state index contributed by atoms with van der Waals surface area (Å²) in [7, 11) is -0.884. The number of carbonyl (C=O) groups excluding carboxylic acids is 1. The smallest absolute Gasteiger partial charge is 0.254 e. The minimum Gasteiger partial charge on any atom is -0.495 e. The van der Waals surface area contributed by atoms with Crippen LogP contribution in [0.25, 0.3) is 0 Å². The molecule has 1 aromatic heterocycles. The van der Waals surface area contributed by atoms with Gasteiger partial charge in [-0.15, -0.1) is 0 Å². The van der Waals surface area contributed by atoms with Crippen LogP contribution in [0.2, 0.25) is 0 Å². The van der Waals surface area contributed by atoms with Crippen LogP contribution in [0.4, 0.5) is 0 Å². The molecule has 0 aliphatic carbocycles. The molecule has 10 heteroatoms. The average Bonchev–Trinajstić information content (AvgIpc) is 3.07. The fourth-order valence-corrected chi connectivity index (χ4v) is 3.83. The summed E-state index contributed by atoms with van der Waals surface area (Å²) in [5.74, 6) is 0.649. The molecule has 1 heterocycles. The van der Waals surface area contributed by atoms with Gasteiger partial charge >= 0.3 is 0 Å². The molecular formula is C17H24N4O5S. The number of amides is 1. The van der Waals surface area contributed by atoms with E-state index in [0.29, 0.717) is 18.1 Å². The van der Waals surface area contributed by atoms with Crippen LogP contribution in [0.1, 0.15) is 42.8 Å². The molecule has 0 aliphatic rings. The lowest BCUT2D eigenvalue weighted by Crippen LogP contribution is -2.31. The van der Waals surface area contributed by atoms with Gasteiger partial charge in [0.05, 0.1) is 13.7 Å². The Morgan fingerprint density at radius 1 is 1.37 bits per heavy atom. The van der Waals surface area contributed by atoms with Gasteiger partial charge in [-0.1, -0.05) is 12.1 Å². The molecule has 2 rings (SSSR count).